The van der Waals surface area contributed by atoms with Gasteiger partial charge in [0.25, 0.3) is 0 Å². The van der Waals surface area contributed by atoms with Crippen molar-refractivity contribution >= 4 is 5.97 Å². The summed E-state index contributed by atoms with van der Waals surface area (Å²) in [6, 6.07) is 4.13. The summed E-state index contributed by atoms with van der Waals surface area (Å²) in [6.45, 7) is 11.8. The number of hydrogen-bond acceptors (Lipinski definition) is 4. The fourth-order valence-corrected chi connectivity index (χ4v) is 2.36. The normalized spacial score (nSPS) is 15.2. The van der Waals surface area contributed by atoms with E-state index in [0.717, 1.165) is 16.9 Å². The monoisotopic (exact) mass is 293 g/mol. The smallest absolute Gasteiger partial charge is 0.325 e. The van der Waals surface area contributed by atoms with E-state index in [1.807, 2.05) is 26.8 Å². The summed E-state index contributed by atoms with van der Waals surface area (Å²) in [7, 11) is 0. The van der Waals surface area contributed by atoms with Crippen LogP contribution in [-0.2, 0) is 9.53 Å². The maximum Gasteiger partial charge on any atom is 0.325 e. The molecule has 0 aliphatic heterocycles. The Kier molecular flexibility index (Phi) is 5.78. The molecular weight excluding hydrogens is 266 g/mol. The van der Waals surface area contributed by atoms with E-state index in [1.54, 1.807) is 13.8 Å². The van der Waals surface area contributed by atoms with E-state index in [4.69, 9.17) is 15.2 Å². The third-order valence-corrected chi connectivity index (χ3v) is 3.55. The van der Waals surface area contributed by atoms with Crippen LogP contribution in [0.3, 0.4) is 0 Å². The van der Waals surface area contributed by atoms with Crippen molar-refractivity contribution in [2.24, 2.45) is 5.73 Å². The van der Waals surface area contributed by atoms with E-state index < -0.39 is 11.5 Å². The summed E-state index contributed by atoms with van der Waals surface area (Å²) in [5, 5.41) is 0. The minimum absolute atomic E-state index is 0.177. The number of carbonyl (C=O) groups is 1. The van der Waals surface area contributed by atoms with Crippen molar-refractivity contribution in [1.82, 2.24) is 0 Å². The Hall–Kier alpha value is -1.55. The molecule has 118 valence electrons. The Labute approximate surface area is 127 Å². The first-order chi connectivity index (χ1) is 9.67. The molecule has 0 fully saturated rings. The molecular formula is C17H27NO3. The second-order valence-electron chi connectivity index (χ2n) is 5.98. The van der Waals surface area contributed by atoms with Gasteiger partial charge in [-0.1, -0.05) is 6.07 Å². The maximum atomic E-state index is 11.8. The van der Waals surface area contributed by atoms with Gasteiger partial charge in [0, 0.05) is 6.42 Å². The minimum Gasteiger partial charge on any atom is -0.490 e. The quantitative estimate of drug-likeness (QED) is 0.819. The van der Waals surface area contributed by atoms with Gasteiger partial charge in [-0.15, -0.1) is 0 Å². The van der Waals surface area contributed by atoms with Crippen molar-refractivity contribution < 1.29 is 14.3 Å². The zero-order valence-corrected chi connectivity index (χ0v) is 13.9. The van der Waals surface area contributed by atoms with Crippen LogP contribution in [0.15, 0.2) is 12.1 Å². The van der Waals surface area contributed by atoms with Crippen LogP contribution < -0.4 is 10.5 Å². The fourth-order valence-electron chi connectivity index (χ4n) is 2.36. The molecule has 0 amide bonds. The third-order valence-electron chi connectivity index (χ3n) is 3.55. The van der Waals surface area contributed by atoms with Crippen LogP contribution >= 0.6 is 0 Å². The molecule has 0 heterocycles. The highest BCUT2D eigenvalue weighted by molar-refractivity contribution is 5.80. The molecule has 2 N–H and O–H groups in total. The summed E-state index contributed by atoms with van der Waals surface area (Å²) < 4.78 is 11.0. The van der Waals surface area contributed by atoms with Crippen molar-refractivity contribution in [1.29, 1.82) is 0 Å². The first-order valence-corrected chi connectivity index (χ1v) is 7.38. The number of rotatable bonds is 6. The van der Waals surface area contributed by atoms with Gasteiger partial charge in [-0.05, 0) is 64.3 Å². The lowest BCUT2D eigenvalue weighted by Gasteiger charge is -2.27. The standard InChI is InChI=1S/C17H27NO3/c1-7-20-16(19)17(6,18)10-13(4)21-15-9-11(2)8-12(3)14(15)5/h8-9,13H,7,10,18H2,1-6H3. The van der Waals surface area contributed by atoms with Crippen LogP contribution in [0.5, 0.6) is 5.75 Å². The average Bonchev–Trinajstić information content (AvgIpc) is 2.34. The number of esters is 1. The van der Waals surface area contributed by atoms with E-state index in [0.29, 0.717) is 13.0 Å². The van der Waals surface area contributed by atoms with Gasteiger partial charge in [-0.25, -0.2) is 0 Å². The maximum absolute atomic E-state index is 11.8. The number of nitrogens with two attached hydrogens (primary N) is 1. The largest absolute Gasteiger partial charge is 0.490 e. The van der Waals surface area contributed by atoms with Crippen LogP contribution in [0.4, 0.5) is 0 Å². The second kappa shape index (κ2) is 6.94. The molecule has 1 aromatic rings. The molecule has 0 bridgehead atoms. The van der Waals surface area contributed by atoms with Crippen molar-refractivity contribution in [2.75, 3.05) is 6.61 Å². The molecule has 0 saturated carbocycles. The van der Waals surface area contributed by atoms with Crippen LogP contribution in [0.25, 0.3) is 0 Å². The molecule has 21 heavy (non-hydrogen) atoms. The lowest BCUT2D eigenvalue weighted by atomic mass is 9.96. The number of aryl methyl sites for hydroxylation is 2. The Morgan fingerprint density at radius 2 is 1.95 bits per heavy atom. The lowest BCUT2D eigenvalue weighted by molar-refractivity contribution is -0.149. The second-order valence-corrected chi connectivity index (χ2v) is 5.98. The molecule has 4 heteroatoms. The average molecular weight is 293 g/mol. The lowest BCUT2D eigenvalue weighted by Crippen LogP contribution is -2.49. The van der Waals surface area contributed by atoms with Crippen LogP contribution in [0, 0.1) is 20.8 Å². The summed E-state index contributed by atoms with van der Waals surface area (Å²) in [5.74, 6) is 0.456. The highest BCUT2D eigenvalue weighted by atomic mass is 16.5. The van der Waals surface area contributed by atoms with Crippen molar-refractivity contribution in [2.45, 2.75) is 59.6 Å². The number of carbonyl (C=O) groups excluding carboxylic acids is 1. The Morgan fingerprint density at radius 1 is 1.33 bits per heavy atom. The van der Waals surface area contributed by atoms with Crippen molar-refractivity contribution in [3.63, 3.8) is 0 Å². The summed E-state index contributed by atoms with van der Waals surface area (Å²) in [5.41, 5.74) is 8.46. The fraction of sp³-hybridized carbons (Fsp3) is 0.588. The van der Waals surface area contributed by atoms with Gasteiger partial charge in [0.05, 0.1) is 12.7 Å². The molecule has 0 radical (unpaired) electrons. The predicted octanol–water partition coefficient (Wildman–Crippen LogP) is 3.05. The zero-order valence-electron chi connectivity index (χ0n) is 13.9. The van der Waals surface area contributed by atoms with E-state index in [-0.39, 0.29) is 6.10 Å². The first kappa shape index (κ1) is 17.5. The van der Waals surface area contributed by atoms with Crippen molar-refractivity contribution in [3.05, 3.63) is 28.8 Å². The molecule has 4 nitrogen and oxygen atoms in total. The Balaban J connectivity index is 2.78. The molecule has 0 spiro atoms. The van der Waals surface area contributed by atoms with E-state index in [2.05, 4.69) is 13.0 Å². The molecule has 0 aliphatic carbocycles. The van der Waals surface area contributed by atoms with Gasteiger partial charge in [0.15, 0.2) is 0 Å². The number of ether oxygens (including phenoxy) is 2. The highest BCUT2D eigenvalue weighted by Gasteiger charge is 2.32. The number of benzene rings is 1. The van der Waals surface area contributed by atoms with Crippen LogP contribution in [0.1, 0.15) is 43.9 Å². The topological polar surface area (TPSA) is 61.5 Å². The van der Waals surface area contributed by atoms with E-state index in [1.165, 1.54) is 5.56 Å². The van der Waals surface area contributed by atoms with Gasteiger partial charge in [0.1, 0.15) is 11.3 Å². The van der Waals surface area contributed by atoms with Gasteiger partial charge >= 0.3 is 5.97 Å². The highest BCUT2D eigenvalue weighted by Crippen LogP contribution is 2.26. The molecule has 2 atom stereocenters. The SMILES string of the molecule is CCOC(=O)C(C)(N)CC(C)Oc1cc(C)cc(C)c1C. The third kappa shape index (κ3) is 4.74. The summed E-state index contributed by atoms with van der Waals surface area (Å²) in [6.07, 6.45) is 0.224. The summed E-state index contributed by atoms with van der Waals surface area (Å²) in [4.78, 5) is 11.8. The first-order valence-electron chi connectivity index (χ1n) is 7.38. The molecule has 0 aliphatic rings. The molecule has 0 aromatic heterocycles. The van der Waals surface area contributed by atoms with Crippen molar-refractivity contribution in [3.8, 4) is 5.75 Å². The molecule has 1 aromatic carbocycles. The molecule has 2 unspecified atom stereocenters. The predicted molar refractivity (Wildman–Crippen MR) is 84.6 cm³/mol. The van der Waals surface area contributed by atoms with E-state index in [9.17, 15) is 4.79 Å². The molecule has 1 rings (SSSR count). The van der Waals surface area contributed by atoms with Crippen LogP contribution in [0.2, 0.25) is 0 Å². The van der Waals surface area contributed by atoms with Gasteiger partial charge in [-0.3, -0.25) is 4.79 Å². The van der Waals surface area contributed by atoms with E-state index >= 15 is 0 Å². The zero-order chi connectivity index (χ0) is 16.2. The summed E-state index contributed by atoms with van der Waals surface area (Å²) >= 11 is 0. The molecule has 0 saturated heterocycles. The Morgan fingerprint density at radius 3 is 2.52 bits per heavy atom. The minimum atomic E-state index is -1.04. The van der Waals surface area contributed by atoms with Gasteiger partial charge in [-0.2, -0.15) is 0 Å². The van der Waals surface area contributed by atoms with Gasteiger partial charge < -0.3 is 15.2 Å². The number of hydrogen-bond donors (Lipinski definition) is 1. The Bertz CT molecular complexity index is 509. The van der Waals surface area contributed by atoms with Crippen LogP contribution in [-0.4, -0.2) is 24.2 Å². The van der Waals surface area contributed by atoms with Gasteiger partial charge in [0.2, 0.25) is 0 Å².